The fraction of sp³-hybridized carbons (Fsp3) is 0.444. The molecule has 5 rings (SSSR count). The first-order valence-electron chi connectivity index (χ1n) is 15.5. The van der Waals surface area contributed by atoms with E-state index in [1.807, 2.05) is 11.0 Å². The molecule has 2 aliphatic rings. The minimum Gasteiger partial charge on any atom is -0.316 e. The van der Waals surface area contributed by atoms with Crippen LogP contribution in [0.1, 0.15) is 78.7 Å². The standard InChI is InChI=1S/C21H23Cl2NO.C14H17Cl2NO.CH3I.ClH.HI/c1-2-10-21(20(25)17-8-9-18(22)19(23)13-17)11-12-24(15-21)14-16-6-4-3-5-7-16;1-2-5-14(6-7-17-9-14)13(18)10-3-4-11(15)12(16)8-10;1-2;;/h3-9,13H,2,10-12,14-15H2,1H3;3-4,8,17H,2,5-7,9H2,1H3;1H3;2*1H/t21-;14-;;;/m00.../s1. The molecule has 47 heavy (non-hydrogen) atoms. The Balaban J connectivity index is 0.000000448. The third-order valence-electron chi connectivity index (χ3n) is 8.71. The number of carbonyl (C=O) groups excluding carboxylic acids is 2. The number of hydrogen-bond acceptors (Lipinski definition) is 4. The molecule has 0 bridgehead atoms. The van der Waals surface area contributed by atoms with Gasteiger partial charge in [-0.3, -0.25) is 14.5 Å². The van der Waals surface area contributed by atoms with Gasteiger partial charge in [0.1, 0.15) is 0 Å². The van der Waals surface area contributed by atoms with Crippen LogP contribution in [0.3, 0.4) is 0 Å². The number of carbonyl (C=O) groups is 2. The molecule has 2 heterocycles. The van der Waals surface area contributed by atoms with Crippen LogP contribution in [0.15, 0.2) is 66.7 Å². The third kappa shape index (κ3) is 12.0. The summed E-state index contributed by atoms with van der Waals surface area (Å²) in [5, 5.41) is 5.16. The molecule has 0 aromatic heterocycles. The van der Waals surface area contributed by atoms with Crippen molar-refractivity contribution in [2.75, 3.05) is 31.1 Å². The predicted octanol–water partition coefficient (Wildman–Crippen LogP) is 11.9. The summed E-state index contributed by atoms with van der Waals surface area (Å²) in [5.74, 6) is 0.386. The average molecular weight is 969 g/mol. The van der Waals surface area contributed by atoms with Crippen LogP contribution in [0.25, 0.3) is 0 Å². The Morgan fingerprint density at radius 1 is 0.766 bits per heavy atom. The number of alkyl halides is 1. The molecule has 0 spiro atoms. The van der Waals surface area contributed by atoms with Gasteiger partial charge in [-0.25, -0.2) is 0 Å². The van der Waals surface area contributed by atoms with Crippen molar-refractivity contribution in [3.05, 3.63) is 104 Å². The van der Waals surface area contributed by atoms with E-state index in [1.165, 1.54) is 5.56 Å². The minimum absolute atomic E-state index is 0. The number of nitrogens with one attached hydrogen (secondary N) is 1. The highest BCUT2D eigenvalue weighted by Crippen LogP contribution is 2.40. The fourth-order valence-electron chi connectivity index (χ4n) is 6.55. The molecule has 2 atom stereocenters. The average Bonchev–Trinajstić information content (AvgIpc) is 3.70. The Hall–Kier alpha value is -0.170. The van der Waals surface area contributed by atoms with Gasteiger partial charge in [0.05, 0.1) is 20.1 Å². The number of ketones is 2. The maximum absolute atomic E-state index is 13.3. The van der Waals surface area contributed by atoms with Crippen LogP contribution in [0.4, 0.5) is 0 Å². The lowest BCUT2D eigenvalue weighted by Gasteiger charge is -2.28. The number of hydrogen-bond donors (Lipinski definition) is 1. The molecule has 0 unspecified atom stereocenters. The first-order valence-corrected chi connectivity index (χ1v) is 19.1. The van der Waals surface area contributed by atoms with E-state index in [4.69, 9.17) is 46.4 Å². The second-order valence-electron chi connectivity index (χ2n) is 11.8. The Labute approximate surface area is 338 Å². The molecule has 11 heteroatoms. The molecule has 3 aromatic carbocycles. The third-order valence-corrected chi connectivity index (χ3v) is 10.2. The van der Waals surface area contributed by atoms with E-state index in [0.717, 1.165) is 71.2 Å². The molecule has 4 nitrogen and oxygen atoms in total. The second-order valence-corrected chi connectivity index (χ2v) is 13.5. The predicted molar refractivity (Wildman–Crippen MR) is 223 cm³/mol. The lowest BCUT2D eigenvalue weighted by molar-refractivity contribution is 0.0779. The van der Waals surface area contributed by atoms with E-state index in [9.17, 15) is 9.59 Å². The van der Waals surface area contributed by atoms with Crippen molar-refractivity contribution >= 4 is 117 Å². The van der Waals surface area contributed by atoms with E-state index in [0.29, 0.717) is 31.2 Å². The molecule has 0 aliphatic carbocycles. The largest absolute Gasteiger partial charge is 0.316 e. The number of rotatable bonds is 10. The Morgan fingerprint density at radius 2 is 1.28 bits per heavy atom. The fourth-order valence-corrected chi connectivity index (χ4v) is 7.14. The van der Waals surface area contributed by atoms with Gasteiger partial charge in [-0.15, -0.1) is 36.4 Å². The van der Waals surface area contributed by atoms with E-state index >= 15 is 0 Å². The van der Waals surface area contributed by atoms with Gasteiger partial charge in [-0.1, -0.05) is 126 Å². The smallest absolute Gasteiger partial charge is 0.170 e. The summed E-state index contributed by atoms with van der Waals surface area (Å²) in [6, 6.07) is 20.8. The zero-order valence-corrected chi connectivity index (χ0v) is 35.4. The highest BCUT2D eigenvalue weighted by molar-refractivity contribution is 14.1. The Kier molecular flexibility index (Phi) is 20.9. The molecule has 2 fully saturated rings. The number of nitrogens with zero attached hydrogens (tertiary/aromatic N) is 1. The van der Waals surface area contributed by atoms with Gasteiger partial charge in [-0.05, 0) is 85.7 Å². The number of Topliss-reactive ketones (excluding diaryl/α,β-unsaturated/α-hetero) is 2. The summed E-state index contributed by atoms with van der Waals surface area (Å²) in [4.78, 5) is 30.3. The molecular weight excluding hydrogens is 923 g/mol. The van der Waals surface area contributed by atoms with Crippen LogP contribution >= 0.6 is 105 Å². The Morgan fingerprint density at radius 3 is 1.74 bits per heavy atom. The van der Waals surface area contributed by atoms with Gasteiger partial charge in [0.25, 0.3) is 0 Å². The van der Waals surface area contributed by atoms with Gasteiger partial charge >= 0.3 is 0 Å². The second kappa shape index (κ2) is 21.9. The van der Waals surface area contributed by atoms with Gasteiger partial charge in [0, 0.05) is 41.6 Å². The molecule has 3 aromatic rings. The van der Waals surface area contributed by atoms with Crippen molar-refractivity contribution in [3.63, 3.8) is 0 Å². The van der Waals surface area contributed by atoms with Gasteiger partial charge in [-0.2, -0.15) is 0 Å². The first-order chi connectivity index (χ1) is 21.6. The number of benzene rings is 3. The molecular formula is C36H45Cl5I2N2O2. The molecule has 1 N–H and O–H groups in total. The van der Waals surface area contributed by atoms with Crippen LogP contribution in [-0.4, -0.2) is 47.6 Å². The van der Waals surface area contributed by atoms with Gasteiger partial charge in [0.15, 0.2) is 11.6 Å². The molecule has 2 saturated heterocycles. The van der Waals surface area contributed by atoms with Crippen LogP contribution < -0.4 is 5.32 Å². The lowest BCUT2D eigenvalue weighted by atomic mass is 9.76. The van der Waals surface area contributed by atoms with Crippen LogP contribution in [-0.2, 0) is 6.54 Å². The Bertz CT molecular complexity index is 1420. The zero-order valence-electron chi connectivity index (χ0n) is 27.1. The van der Waals surface area contributed by atoms with Crippen molar-refractivity contribution in [1.82, 2.24) is 10.2 Å². The summed E-state index contributed by atoms with van der Waals surface area (Å²) in [5.41, 5.74) is 2.05. The highest BCUT2D eigenvalue weighted by atomic mass is 127. The molecule has 0 saturated carbocycles. The van der Waals surface area contributed by atoms with Gasteiger partial charge in [0.2, 0.25) is 0 Å². The monoisotopic (exact) mass is 966 g/mol. The van der Waals surface area contributed by atoms with E-state index < -0.39 is 0 Å². The SMILES string of the molecule is CCC[C@]1(C(=O)c2ccc(Cl)c(Cl)c2)CCN(Cc2ccccc2)C1.CCC[C@]1(C(=O)c2ccc(Cl)c(Cl)c2)CCNC1.CI.Cl.I. The van der Waals surface area contributed by atoms with Crippen molar-refractivity contribution in [2.45, 2.75) is 58.9 Å². The summed E-state index contributed by atoms with van der Waals surface area (Å²) >= 11 is 26.2. The molecule has 2 aliphatic heterocycles. The quantitative estimate of drug-likeness (QED) is 0.125. The molecule has 0 amide bonds. The number of halogens is 7. The van der Waals surface area contributed by atoms with Crippen LogP contribution in [0.2, 0.25) is 20.1 Å². The highest BCUT2D eigenvalue weighted by Gasteiger charge is 2.44. The summed E-state index contributed by atoms with van der Waals surface area (Å²) < 4.78 is 0. The van der Waals surface area contributed by atoms with Crippen LogP contribution in [0.5, 0.6) is 0 Å². The number of likely N-dealkylation sites (tertiary alicyclic amines) is 1. The summed E-state index contributed by atoms with van der Waals surface area (Å²) in [6.07, 6.45) is 5.62. The van der Waals surface area contributed by atoms with Crippen LogP contribution in [0, 0.1) is 10.8 Å². The molecule has 0 radical (unpaired) electrons. The maximum Gasteiger partial charge on any atom is 0.170 e. The maximum atomic E-state index is 13.3. The molecule has 260 valence electrons. The van der Waals surface area contributed by atoms with Crippen molar-refractivity contribution < 1.29 is 9.59 Å². The first kappa shape index (κ1) is 44.9. The van der Waals surface area contributed by atoms with E-state index in [-0.39, 0.29) is 58.8 Å². The van der Waals surface area contributed by atoms with E-state index in [1.54, 1.807) is 36.4 Å². The van der Waals surface area contributed by atoms with Crippen molar-refractivity contribution in [1.29, 1.82) is 0 Å². The summed E-state index contributed by atoms with van der Waals surface area (Å²) in [7, 11) is 0. The lowest BCUT2D eigenvalue weighted by Crippen LogP contribution is -2.34. The minimum atomic E-state index is -0.319. The summed E-state index contributed by atoms with van der Waals surface area (Å²) in [6.45, 7) is 8.57. The van der Waals surface area contributed by atoms with Crippen molar-refractivity contribution in [2.24, 2.45) is 10.8 Å². The zero-order chi connectivity index (χ0) is 33.0. The topological polar surface area (TPSA) is 49.4 Å². The van der Waals surface area contributed by atoms with E-state index in [2.05, 4.69) is 70.9 Å². The normalized spacial score (nSPS) is 20.1. The van der Waals surface area contributed by atoms with Gasteiger partial charge < -0.3 is 5.32 Å². The van der Waals surface area contributed by atoms with Crippen molar-refractivity contribution in [3.8, 4) is 0 Å².